The Morgan fingerprint density at radius 1 is 1.17 bits per heavy atom. The minimum absolute atomic E-state index is 0.0156. The number of fused-ring (bicyclic) bond motifs is 1. The summed E-state index contributed by atoms with van der Waals surface area (Å²) < 4.78 is 0. The lowest BCUT2D eigenvalue weighted by molar-refractivity contribution is 0.0942. The fourth-order valence-corrected chi connectivity index (χ4v) is 3.48. The number of aryl methyl sites for hydroxylation is 1. The fraction of sp³-hybridized carbons (Fsp3) is 0.350. The molecule has 120 valence electrons. The third-order valence-corrected chi connectivity index (χ3v) is 4.93. The van der Waals surface area contributed by atoms with Crippen LogP contribution >= 0.6 is 0 Å². The van der Waals surface area contributed by atoms with E-state index in [1.807, 2.05) is 24.3 Å². The number of hydrogen-bond donors (Lipinski definition) is 2. The van der Waals surface area contributed by atoms with Gasteiger partial charge in [0.1, 0.15) is 0 Å². The molecule has 0 spiro atoms. The lowest BCUT2D eigenvalue weighted by Crippen LogP contribution is -2.40. The second-order valence-electron chi connectivity index (χ2n) is 6.66. The molecule has 0 radical (unpaired) electrons. The predicted octanol–water partition coefficient (Wildman–Crippen LogP) is 3.17. The predicted molar refractivity (Wildman–Crippen MR) is 93.4 cm³/mol. The molecule has 0 aromatic heterocycles. The van der Waals surface area contributed by atoms with Gasteiger partial charge in [-0.2, -0.15) is 0 Å². The number of amides is 1. The third-order valence-electron chi connectivity index (χ3n) is 4.93. The van der Waals surface area contributed by atoms with E-state index in [2.05, 4.69) is 36.5 Å². The van der Waals surface area contributed by atoms with Crippen molar-refractivity contribution in [2.45, 2.75) is 38.1 Å². The van der Waals surface area contributed by atoms with Crippen LogP contribution in [0.3, 0.4) is 0 Å². The van der Waals surface area contributed by atoms with Gasteiger partial charge in [0.05, 0.1) is 0 Å². The Kier molecular flexibility index (Phi) is 4.49. The normalized spacial score (nSPS) is 19.9. The summed E-state index contributed by atoms with van der Waals surface area (Å²) in [6.07, 6.45) is 3.42. The highest BCUT2D eigenvalue weighted by Crippen LogP contribution is 2.36. The van der Waals surface area contributed by atoms with Crippen molar-refractivity contribution < 1.29 is 4.79 Å². The molecule has 0 fully saturated rings. The van der Waals surface area contributed by atoms with E-state index in [1.165, 1.54) is 17.5 Å². The zero-order valence-corrected chi connectivity index (χ0v) is 13.6. The van der Waals surface area contributed by atoms with Gasteiger partial charge in [0.15, 0.2) is 0 Å². The van der Waals surface area contributed by atoms with E-state index in [0.717, 1.165) is 18.4 Å². The van der Waals surface area contributed by atoms with Crippen LogP contribution in [-0.2, 0) is 18.4 Å². The molecule has 2 aromatic carbocycles. The second-order valence-corrected chi connectivity index (χ2v) is 6.66. The van der Waals surface area contributed by atoms with Crippen molar-refractivity contribution in [3.63, 3.8) is 0 Å². The van der Waals surface area contributed by atoms with E-state index in [0.29, 0.717) is 18.7 Å². The zero-order valence-electron chi connectivity index (χ0n) is 13.6. The summed E-state index contributed by atoms with van der Waals surface area (Å²) in [6.45, 7) is 3.42. The highest BCUT2D eigenvalue weighted by molar-refractivity contribution is 5.94. The van der Waals surface area contributed by atoms with Crippen molar-refractivity contribution in [2.24, 2.45) is 5.73 Å². The van der Waals surface area contributed by atoms with Gasteiger partial charge in [0.25, 0.3) is 5.91 Å². The number of carbonyl (C=O) groups excluding carboxylic acids is 1. The van der Waals surface area contributed by atoms with Crippen LogP contribution in [0.15, 0.2) is 48.5 Å². The van der Waals surface area contributed by atoms with E-state index >= 15 is 0 Å². The number of nitrogens with two attached hydrogens (primary N) is 1. The summed E-state index contributed by atoms with van der Waals surface area (Å²) in [7, 11) is 0. The quantitative estimate of drug-likeness (QED) is 0.911. The van der Waals surface area contributed by atoms with Gasteiger partial charge in [-0.25, -0.2) is 0 Å². The van der Waals surface area contributed by atoms with Gasteiger partial charge in [-0.3, -0.25) is 4.79 Å². The van der Waals surface area contributed by atoms with Crippen LogP contribution in [0.1, 0.15) is 46.8 Å². The zero-order chi connectivity index (χ0) is 16.3. The molecule has 0 aliphatic heterocycles. The Labute approximate surface area is 137 Å². The molecule has 1 amide bonds. The van der Waals surface area contributed by atoms with Crippen molar-refractivity contribution in [1.29, 1.82) is 0 Å². The van der Waals surface area contributed by atoms with Crippen molar-refractivity contribution in [2.75, 3.05) is 6.54 Å². The maximum absolute atomic E-state index is 12.4. The Morgan fingerprint density at radius 2 is 1.91 bits per heavy atom. The molecule has 0 saturated carbocycles. The van der Waals surface area contributed by atoms with Gasteiger partial charge in [0.2, 0.25) is 0 Å². The van der Waals surface area contributed by atoms with Gasteiger partial charge < -0.3 is 11.1 Å². The number of nitrogens with one attached hydrogen (secondary N) is 1. The fourth-order valence-electron chi connectivity index (χ4n) is 3.48. The molecule has 3 N–H and O–H groups in total. The van der Waals surface area contributed by atoms with E-state index < -0.39 is 0 Å². The van der Waals surface area contributed by atoms with E-state index in [-0.39, 0.29) is 11.3 Å². The van der Waals surface area contributed by atoms with E-state index in [4.69, 9.17) is 5.73 Å². The standard InChI is InChI=1S/C20H24N2O/c1-20(12-4-6-16-5-2-3-7-18(16)20)14-22-19(23)17-10-8-15(13-21)9-11-17/h2-3,5,7-11H,4,6,12-14,21H2,1H3,(H,22,23). The van der Waals surface area contributed by atoms with Crippen LogP contribution < -0.4 is 11.1 Å². The summed E-state index contributed by atoms with van der Waals surface area (Å²) in [4.78, 5) is 12.4. The Hall–Kier alpha value is -2.13. The van der Waals surface area contributed by atoms with Crippen molar-refractivity contribution in [3.05, 3.63) is 70.8 Å². The molecular formula is C20H24N2O. The van der Waals surface area contributed by atoms with Crippen LogP contribution in [0.4, 0.5) is 0 Å². The minimum Gasteiger partial charge on any atom is -0.351 e. The maximum Gasteiger partial charge on any atom is 0.251 e. The number of carbonyl (C=O) groups is 1. The summed E-state index contributed by atoms with van der Waals surface area (Å²) in [5.74, 6) is -0.0159. The molecule has 1 aliphatic carbocycles. The highest BCUT2D eigenvalue weighted by atomic mass is 16.1. The summed E-state index contributed by atoms with van der Waals surface area (Å²) in [5, 5.41) is 3.12. The largest absolute Gasteiger partial charge is 0.351 e. The van der Waals surface area contributed by atoms with Gasteiger partial charge >= 0.3 is 0 Å². The molecule has 0 bridgehead atoms. The first kappa shape index (κ1) is 15.8. The molecule has 2 aromatic rings. The minimum atomic E-state index is -0.0159. The van der Waals surface area contributed by atoms with Crippen molar-refractivity contribution >= 4 is 5.91 Å². The van der Waals surface area contributed by atoms with Crippen LogP contribution in [0.2, 0.25) is 0 Å². The summed E-state index contributed by atoms with van der Waals surface area (Å²) in [5.41, 5.74) is 10.1. The van der Waals surface area contributed by atoms with Gasteiger partial charge in [-0.05, 0) is 48.1 Å². The Bertz CT molecular complexity index is 693. The molecule has 1 unspecified atom stereocenters. The van der Waals surface area contributed by atoms with Crippen molar-refractivity contribution in [3.8, 4) is 0 Å². The molecular weight excluding hydrogens is 284 g/mol. The second kappa shape index (κ2) is 6.55. The van der Waals surface area contributed by atoms with Crippen molar-refractivity contribution in [1.82, 2.24) is 5.32 Å². The highest BCUT2D eigenvalue weighted by Gasteiger charge is 2.32. The van der Waals surface area contributed by atoms with Crippen LogP contribution in [0, 0.1) is 0 Å². The van der Waals surface area contributed by atoms with Gasteiger partial charge in [0, 0.05) is 24.1 Å². The molecule has 23 heavy (non-hydrogen) atoms. The maximum atomic E-state index is 12.4. The molecule has 1 atom stereocenters. The first-order chi connectivity index (χ1) is 11.1. The topological polar surface area (TPSA) is 55.1 Å². The number of hydrogen-bond acceptors (Lipinski definition) is 2. The lowest BCUT2D eigenvalue weighted by atomic mass is 9.71. The van der Waals surface area contributed by atoms with Gasteiger partial charge in [-0.1, -0.05) is 43.3 Å². The molecule has 0 heterocycles. The first-order valence-electron chi connectivity index (χ1n) is 8.28. The lowest BCUT2D eigenvalue weighted by Gasteiger charge is -2.36. The Balaban J connectivity index is 1.71. The number of rotatable bonds is 4. The number of benzene rings is 2. The van der Waals surface area contributed by atoms with Gasteiger partial charge in [-0.15, -0.1) is 0 Å². The SMILES string of the molecule is CC1(CNC(=O)c2ccc(CN)cc2)CCCc2ccccc21. The average molecular weight is 308 g/mol. The third kappa shape index (κ3) is 3.30. The average Bonchev–Trinajstić information content (AvgIpc) is 2.60. The van der Waals surface area contributed by atoms with Crippen LogP contribution in [0.5, 0.6) is 0 Å². The summed E-state index contributed by atoms with van der Waals surface area (Å²) in [6, 6.07) is 16.1. The van der Waals surface area contributed by atoms with E-state index in [1.54, 1.807) is 0 Å². The molecule has 3 nitrogen and oxygen atoms in total. The molecule has 3 heteroatoms. The molecule has 3 rings (SSSR count). The smallest absolute Gasteiger partial charge is 0.251 e. The van der Waals surface area contributed by atoms with Crippen LogP contribution in [-0.4, -0.2) is 12.5 Å². The Morgan fingerprint density at radius 3 is 2.65 bits per heavy atom. The molecule has 0 saturated heterocycles. The molecule has 1 aliphatic rings. The van der Waals surface area contributed by atoms with Crippen LogP contribution in [0.25, 0.3) is 0 Å². The summed E-state index contributed by atoms with van der Waals surface area (Å²) >= 11 is 0. The first-order valence-corrected chi connectivity index (χ1v) is 8.28. The van der Waals surface area contributed by atoms with E-state index in [9.17, 15) is 4.79 Å². The monoisotopic (exact) mass is 308 g/mol.